The molecule has 0 fully saturated rings. The first-order valence-electron chi connectivity index (χ1n) is 9.49. The first-order chi connectivity index (χ1) is 14.4. The number of hydrogen-bond donors (Lipinski definition) is 1. The molecular weight excluding hydrogens is 428 g/mol. The highest BCUT2D eigenvalue weighted by molar-refractivity contribution is 7.90. The fourth-order valence-corrected chi connectivity index (χ4v) is 6.50. The summed E-state index contributed by atoms with van der Waals surface area (Å²) in [6, 6.07) is 9.45. The molecule has 10 heteroatoms. The highest BCUT2D eigenvalue weighted by Gasteiger charge is 2.33. The number of sulfone groups is 1. The molecule has 0 radical (unpaired) electrons. The van der Waals surface area contributed by atoms with Crippen molar-refractivity contribution >= 4 is 43.8 Å². The number of anilines is 1. The van der Waals surface area contributed by atoms with Crippen LogP contribution in [0, 0.1) is 0 Å². The standard InChI is InChI=1S/C20H20N2O6S2/c1-2-27-20(24)17-13-8-9-30(25,26)11-16(13)29-19(17)21-18(23)14-10-15(28-22-14)12-6-4-3-5-7-12/h3-7,15H,2,8-11H2,1H3,(H,21,23). The van der Waals surface area contributed by atoms with Crippen LogP contribution in [0.15, 0.2) is 35.5 Å². The van der Waals surface area contributed by atoms with E-state index in [2.05, 4.69) is 10.5 Å². The summed E-state index contributed by atoms with van der Waals surface area (Å²) in [5.41, 5.74) is 1.99. The van der Waals surface area contributed by atoms with Crippen LogP contribution in [0.1, 0.15) is 45.8 Å². The number of fused-ring (bicyclic) bond motifs is 1. The minimum atomic E-state index is -3.22. The van der Waals surface area contributed by atoms with E-state index in [1.165, 1.54) is 0 Å². The maximum atomic E-state index is 12.8. The van der Waals surface area contributed by atoms with Gasteiger partial charge >= 0.3 is 5.97 Å². The summed E-state index contributed by atoms with van der Waals surface area (Å²) in [6.45, 7) is 1.86. The van der Waals surface area contributed by atoms with Crippen molar-refractivity contribution in [1.29, 1.82) is 0 Å². The topological polar surface area (TPSA) is 111 Å². The fourth-order valence-electron chi connectivity index (χ4n) is 3.46. The number of benzene rings is 1. The van der Waals surface area contributed by atoms with Crippen LogP contribution in [-0.4, -0.2) is 38.4 Å². The summed E-state index contributed by atoms with van der Waals surface area (Å²) < 4.78 is 29.1. The van der Waals surface area contributed by atoms with Crippen LogP contribution >= 0.6 is 11.3 Å². The lowest BCUT2D eigenvalue weighted by molar-refractivity contribution is -0.110. The van der Waals surface area contributed by atoms with E-state index in [1.54, 1.807) is 6.92 Å². The van der Waals surface area contributed by atoms with Crippen molar-refractivity contribution in [1.82, 2.24) is 0 Å². The molecular formula is C20H20N2O6S2. The molecule has 8 nitrogen and oxygen atoms in total. The van der Waals surface area contributed by atoms with Gasteiger partial charge in [-0.25, -0.2) is 13.2 Å². The van der Waals surface area contributed by atoms with E-state index in [4.69, 9.17) is 9.57 Å². The van der Waals surface area contributed by atoms with Gasteiger partial charge in [0, 0.05) is 11.3 Å². The predicted octanol–water partition coefficient (Wildman–Crippen LogP) is 2.85. The summed E-state index contributed by atoms with van der Waals surface area (Å²) in [5.74, 6) is -1.23. The SMILES string of the molecule is CCOC(=O)c1c(NC(=O)C2=NOC(c3ccccc3)C2)sc2c1CCS(=O)(=O)C2. The van der Waals surface area contributed by atoms with Crippen LogP contribution in [0.25, 0.3) is 0 Å². The van der Waals surface area contributed by atoms with E-state index in [0.29, 0.717) is 16.9 Å². The molecule has 1 aromatic carbocycles. The van der Waals surface area contributed by atoms with Crippen LogP contribution in [-0.2, 0) is 36.4 Å². The zero-order valence-electron chi connectivity index (χ0n) is 16.2. The smallest absolute Gasteiger partial charge is 0.341 e. The third-order valence-electron chi connectivity index (χ3n) is 4.91. The van der Waals surface area contributed by atoms with E-state index >= 15 is 0 Å². The number of nitrogens with one attached hydrogen (secondary N) is 1. The first kappa shape index (κ1) is 20.5. The van der Waals surface area contributed by atoms with Gasteiger partial charge in [-0.1, -0.05) is 35.5 Å². The Morgan fingerprint density at radius 3 is 2.80 bits per heavy atom. The third-order valence-corrected chi connectivity index (χ3v) is 7.80. The van der Waals surface area contributed by atoms with E-state index < -0.39 is 21.7 Å². The number of amides is 1. The second-order valence-corrected chi connectivity index (χ2v) is 10.3. The number of oxime groups is 1. The molecule has 1 aromatic heterocycles. The van der Waals surface area contributed by atoms with Crippen LogP contribution in [0.2, 0.25) is 0 Å². The summed E-state index contributed by atoms with van der Waals surface area (Å²) in [4.78, 5) is 31.3. The molecule has 1 atom stereocenters. The summed E-state index contributed by atoms with van der Waals surface area (Å²) in [7, 11) is -3.22. The number of thiophene rings is 1. The minimum absolute atomic E-state index is 0.0319. The lowest BCUT2D eigenvalue weighted by atomic mass is 10.0. The van der Waals surface area contributed by atoms with Gasteiger partial charge in [-0.15, -0.1) is 11.3 Å². The molecule has 0 bridgehead atoms. The summed E-state index contributed by atoms with van der Waals surface area (Å²) in [6.07, 6.45) is 0.167. The van der Waals surface area contributed by atoms with Crippen molar-refractivity contribution in [3.63, 3.8) is 0 Å². The maximum Gasteiger partial charge on any atom is 0.341 e. The first-order valence-corrected chi connectivity index (χ1v) is 12.1. The molecule has 2 aromatic rings. The number of hydrogen-bond acceptors (Lipinski definition) is 8. The monoisotopic (exact) mass is 448 g/mol. The van der Waals surface area contributed by atoms with E-state index in [-0.39, 0.29) is 46.9 Å². The van der Waals surface area contributed by atoms with Crippen LogP contribution in [0.5, 0.6) is 0 Å². The van der Waals surface area contributed by atoms with Gasteiger partial charge in [0.05, 0.1) is 23.7 Å². The van der Waals surface area contributed by atoms with E-state index in [9.17, 15) is 18.0 Å². The summed E-state index contributed by atoms with van der Waals surface area (Å²) in [5, 5.41) is 6.91. The number of rotatable bonds is 5. The molecule has 0 saturated heterocycles. The Labute approximate surface area is 177 Å². The average molecular weight is 449 g/mol. The third kappa shape index (κ3) is 4.10. The molecule has 3 heterocycles. The lowest BCUT2D eigenvalue weighted by Gasteiger charge is -2.13. The Morgan fingerprint density at radius 2 is 2.07 bits per heavy atom. The number of esters is 1. The molecule has 4 rings (SSSR count). The molecule has 158 valence electrons. The molecule has 1 N–H and O–H groups in total. The highest BCUT2D eigenvalue weighted by Crippen LogP contribution is 2.38. The van der Waals surface area contributed by atoms with Gasteiger partial charge in [0.1, 0.15) is 10.7 Å². The van der Waals surface area contributed by atoms with Crippen molar-refractivity contribution in [2.45, 2.75) is 31.6 Å². The zero-order valence-corrected chi connectivity index (χ0v) is 17.8. The molecule has 0 aliphatic carbocycles. The molecule has 2 aliphatic heterocycles. The van der Waals surface area contributed by atoms with Crippen LogP contribution in [0.3, 0.4) is 0 Å². The molecule has 2 aliphatic rings. The van der Waals surface area contributed by atoms with Gasteiger partial charge in [0.2, 0.25) is 0 Å². The normalized spacial score (nSPS) is 19.4. The molecule has 1 amide bonds. The van der Waals surface area contributed by atoms with Crippen molar-refractivity contribution in [2.75, 3.05) is 17.7 Å². The highest BCUT2D eigenvalue weighted by atomic mass is 32.2. The van der Waals surface area contributed by atoms with Gasteiger partial charge in [-0.05, 0) is 24.5 Å². The van der Waals surface area contributed by atoms with Gasteiger partial charge in [0.15, 0.2) is 15.9 Å². The van der Waals surface area contributed by atoms with Gasteiger partial charge in [-0.3, -0.25) is 4.79 Å². The van der Waals surface area contributed by atoms with Crippen LogP contribution in [0.4, 0.5) is 5.00 Å². The average Bonchev–Trinajstić information content (AvgIpc) is 3.32. The number of carbonyl (C=O) groups is 2. The Hall–Kier alpha value is -2.72. The second-order valence-electron chi connectivity index (χ2n) is 6.97. The van der Waals surface area contributed by atoms with Crippen molar-refractivity contribution in [3.8, 4) is 0 Å². The van der Waals surface area contributed by atoms with Crippen LogP contribution < -0.4 is 5.32 Å². The van der Waals surface area contributed by atoms with Gasteiger partial charge in [-0.2, -0.15) is 0 Å². The van der Waals surface area contributed by atoms with Crippen molar-refractivity contribution in [2.24, 2.45) is 5.16 Å². The largest absolute Gasteiger partial charge is 0.462 e. The molecule has 1 unspecified atom stereocenters. The zero-order chi connectivity index (χ0) is 21.3. The Balaban J connectivity index is 1.56. The van der Waals surface area contributed by atoms with Gasteiger partial charge < -0.3 is 14.9 Å². The van der Waals surface area contributed by atoms with E-state index in [1.807, 2.05) is 30.3 Å². The molecule has 0 saturated carbocycles. The lowest BCUT2D eigenvalue weighted by Crippen LogP contribution is -2.23. The fraction of sp³-hybridized carbons (Fsp3) is 0.350. The van der Waals surface area contributed by atoms with Gasteiger partial charge in [0.25, 0.3) is 5.91 Å². The predicted molar refractivity (Wildman–Crippen MR) is 112 cm³/mol. The number of nitrogens with zero attached hydrogens (tertiary/aromatic N) is 1. The second kappa shape index (κ2) is 8.19. The number of carbonyl (C=O) groups excluding carboxylic acids is 2. The van der Waals surface area contributed by atoms with E-state index in [0.717, 1.165) is 16.9 Å². The quantitative estimate of drug-likeness (QED) is 0.704. The number of ether oxygens (including phenoxy) is 1. The minimum Gasteiger partial charge on any atom is -0.462 e. The Bertz CT molecular complexity index is 1120. The maximum absolute atomic E-state index is 12.8. The molecule has 0 spiro atoms. The Morgan fingerprint density at radius 1 is 1.30 bits per heavy atom. The van der Waals surface area contributed by atoms with Crippen molar-refractivity contribution in [3.05, 3.63) is 51.9 Å². The van der Waals surface area contributed by atoms with Crippen molar-refractivity contribution < 1.29 is 27.6 Å². The molecule has 30 heavy (non-hydrogen) atoms. The summed E-state index contributed by atoms with van der Waals surface area (Å²) >= 11 is 1.09. The Kier molecular flexibility index (Phi) is 5.61.